The fourth-order valence-electron chi connectivity index (χ4n) is 2.90. The highest BCUT2D eigenvalue weighted by Gasteiger charge is 2.21. The number of carbonyl (C=O) groups excluding carboxylic acids is 2. The Bertz CT molecular complexity index is 1080. The van der Waals surface area contributed by atoms with Crippen LogP contribution in [0.4, 0.5) is 5.13 Å². The minimum absolute atomic E-state index is 0.0271. The number of carbonyl (C=O) groups is 2. The van der Waals surface area contributed by atoms with Crippen LogP contribution in [-0.2, 0) is 6.54 Å². The van der Waals surface area contributed by atoms with Crippen molar-refractivity contribution in [2.24, 2.45) is 0 Å². The van der Waals surface area contributed by atoms with E-state index >= 15 is 0 Å². The van der Waals surface area contributed by atoms with Crippen molar-refractivity contribution in [3.8, 4) is 0 Å². The number of para-hydroxylation sites is 1. The van der Waals surface area contributed by atoms with Crippen molar-refractivity contribution in [1.82, 2.24) is 14.8 Å². The van der Waals surface area contributed by atoms with Crippen LogP contribution in [0.15, 0.2) is 67.0 Å². The molecule has 1 amide bonds. The Morgan fingerprint density at radius 3 is 2.46 bits per heavy atom. The number of rotatable bonds is 6. The number of benzene rings is 2. The first-order valence-electron chi connectivity index (χ1n) is 8.88. The van der Waals surface area contributed by atoms with Gasteiger partial charge in [0.15, 0.2) is 10.9 Å². The maximum atomic E-state index is 13.2. The number of fused-ring (bicyclic) bond motifs is 1. The summed E-state index contributed by atoms with van der Waals surface area (Å²) in [4.78, 5) is 31.1. The molecule has 0 N–H and O–H groups in total. The van der Waals surface area contributed by atoms with E-state index in [-0.39, 0.29) is 11.7 Å². The Labute approximate surface area is 166 Å². The van der Waals surface area contributed by atoms with Gasteiger partial charge < -0.3 is 0 Å². The van der Waals surface area contributed by atoms with Crippen LogP contribution in [0.3, 0.4) is 0 Å². The first kappa shape index (κ1) is 18.1. The van der Waals surface area contributed by atoms with Gasteiger partial charge >= 0.3 is 0 Å². The molecule has 0 bridgehead atoms. The molecule has 0 fully saturated rings. The third-order valence-corrected chi connectivity index (χ3v) is 5.47. The van der Waals surface area contributed by atoms with Crippen LogP contribution in [0.1, 0.15) is 27.6 Å². The molecule has 0 unspecified atom stereocenters. The van der Waals surface area contributed by atoms with E-state index in [0.717, 1.165) is 10.2 Å². The fourth-order valence-corrected chi connectivity index (χ4v) is 3.89. The van der Waals surface area contributed by atoms with Crippen LogP contribution in [0.2, 0.25) is 0 Å². The van der Waals surface area contributed by atoms with Gasteiger partial charge in [0, 0.05) is 30.1 Å². The van der Waals surface area contributed by atoms with Crippen LogP contribution in [0.25, 0.3) is 10.2 Å². The standard InChI is InChI=1S/C21H18N4O2S/c1-15(26)16-7-9-17(10-8-16)20(27)25(14-13-24-12-4-11-22-24)21-23-18-5-2-3-6-19(18)28-21/h2-12H,13-14H2,1H3. The summed E-state index contributed by atoms with van der Waals surface area (Å²) in [6.45, 7) is 2.50. The molecule has 0 aliphatic rings. The predicted octanol–water partition coefficient (Wildman–Crippen LogP) is 4.04. The Hall–Kier alpha value is -3.32. The average molecular weight is 390 g/mol. The molecule has 0 spiro atoms. The van der Waals surface area contributed by atoms with Crippen LogP contribution in [0, 0.1) is 0 Å². The first-order chi connectivity index (χ1) is 13.6. The zero-order valence-corrected chi connectivity index (χ0v) is 16.1. The summed E-state index contributed by atoms with van der Waals surface area (Å²) < 4.78 is 2.81. The third kappa shape index (κ3) is 3.70. The van der Waals surface area contributed by atoms with E-state index in [1.165, 1.54) is 18.3 Å². The highest BCUT2D eigenvalue weighted by atomic mass is 32.1. The van der Waals surface area contributed by atoms with Crippen molar-refractivity contribution < 1.29 is 9.59 Å². The van der Waals surface area contributed by atoms with Crippen molar-refractivity contribution >= 4 is 38.4 Å². The van der Waals surface area contributed by atoms with Crippen LogP contribution < -0.4 is 4.90 Å². The van der Waals surface area contributed by atoms with Crippen LogP contribution in [0.5, 0.6) is 0 Å². The van der Waals surface area contributed by atoms with E-state index in [4.69, 9.17) is 0 Å². The van der Waals surface area contributed by atoms with E-state index < -0.39 is 0 Å². The van der Waals surface area contributed by atoms with Gasteiger partial charge in [-0.1, -0.05) is 35.6 Å². The number of anilines is 1. The first-order valence-corrected chi connectivity index (χ1v) is 9.69. The normalized spacial score (nSPS) is 10.9. The summed E-state index contributed by atoms with van der Waals surface area (Å²) in [7, 11) is 0. The van der Waals surface area contributed by atoms with Crippen molar-refractivity contribution in [2.45, 2.75) is 13.5 Å². The maximum Gasteiger partial charge on any atom is 0.260 e. The van der Waals surface area contributed by atoms with Gasteiger partial charge in [0.2, 0.25) is 0 Å². The zero-order chi connectivity index (χ0) is 19.5. The molecule has 140 valence electrons. The lowest BCUT2D eigenvalue weighted by Gasteiger charge is -2.20. The molecule has 4 aromatic rings. The van der Waals surface area contributed by atoms with Crippen molar-refractivity contribution in [3.05, 3.63) is 78.1 Å². The Kier molecular flexibility index (Phi) is 4.99. The van der Waals surface area contributed by atoms with Gasteiger partial charge in [0.05, 0.1) is 16.8 Å². The van der Waals surface area contributed by atoms with E-state index in [0.29, 0.717) is 29.3 Å². The minimum Gasteiger partial charge on any atom is -0.295 e. The molecule has 0 saturated heterocycles. The summed E-state index contributed by atoms with van der Waals surface area (Å²) in [6, 6.07) is 16.4. The number of hydrogen-bond donors (Lipinski definition) is 0. The molecule has 7 heteroatoms. The molecule has 0 aliphatic heterocycles. The van der Waals surface area contributed by atoms with Gasteiger partial charge in [-0.3, -0.25) is 19.2 Å². The summed E-state index contributed by atoms with van der Waals surface area (Å²) in [5.41, 5.74) is 1.97. The van der Waals surface area contributed by atoms with Gasteiger partial charge in [0.1, 0.15) is 0 Å². The van der Waals surface area contributed by atoms with Crippen molar-refractivity contribution in [1.29, 1.82) is 0 Å². The lowest BCUT2D eigenvalue weighted by molar-refractivity contribution is 0.0981. The van der Waals surface area contributed by atoms with Gasteiger partial charge in [-0.2, -0.15) is 5.10 Å². The number of ketones is 1. The molecule has 2 aromatic carbocycles. The van der Waals surface area contributed by atoms with Crippen LogP contribution >= 0.6 is 11.3 Å². The maximum absolute atomic E-state index is 13.2. The smallest absolute Gasteiger partial charge is 0.260 e. The Balaban J connectivity index is 1.66. The highest BCUT2D eigenvalue weighted by Crippen LogP contribution is 2.29. The lowest BCUT2D eigenvalue weighted by Crippen LogP contribution is -2.34. The van der Waals surface area contributed by atoms with E-state index in [2.05, 4.69) is 10.1 Å². The predicted molar refractivity (Wildman–Crippen MR) is 110 cm³/mol. The number of thiazole rings is 1. The Morgan fingerprint density at radius 2 is 1.79 bits per heavy atom. The molecule has 0 aliphatic carbocycles. The zero-order valence-electron chi connectivity index (χ0n) is 15.3. The van der Waals surface area contributed by atoms with E-state index in [9.17, 15) is 9.59 Å². The molecule has 6 nitrogen and oxygen atoms in total. The molecule has 0 atom stereocenters. The summed E-state index contributed by atoms with van der Waals surface area (Å²) in [5.74, 6) is -0.179. The molecule has 2 aromatic heterocycles. The molecule has 28 heavy (non-hydrogen) atoms. The van der Waals surface area contributed by atoms with E-state index in [1.54, 1.807) is 40.0 Å². The number of Topliss-reactive ketones (excluding diaryl/α,β-unsaturated/α-hetero) is 1. The average Bonchev–Trinajstić information content (AvgIpc) is 3.37. The van der Waals surface area contributed by atoms with Gasteiger partial charge in [-0.15, -0.1) is 0 Å². The minimum atomic E-state index is -0.152. The SMILES string of the molecule is CC(=O)c1ccc(C(=O)N(CCn2cccn2)c2nc3ccccc3s2)cc1. The monoisotopic (exact) mass is 390 g/mol. The lowest BCUT2D eigenvalue weighted by atomic mass is 10.1. The third-order valence-electron chi connectivity index (χ3n) is 4.41. The summed E-state index contributed by atoms with van der Waals surface area (Å²) in [5, 5.41) is 4.86. The molecular weight excluding hydrogens is 372 g/mol. The number of aromatic nitrogens is 3. The fraction of sp³-hybridized carbons (Fsp3) is 0.143. The second kappa shape index (κ2) is 7.74. The topological polar surface area (TPSA) is 68.1 Å². The van der Waals surface area contributed by atoms with Gasteiger partial charge in [0.25, 0.3) is 5.91 Å². The summed E-state index contributed by atoms with van der Waals surface area (Å²) in [6.07, 6.45) is 3.58. The highest BCUT2D eigenvalue weighted by molar-refractivity contribution is 7.22. The Morgan fingerprint density at radius 1 is 1.04 bits per heavy atom. The molecule has 4 rings (SSSR count). The second-order valence-corrected chi connectivity index (χ2v) is 7.33. The second-order valence-electron chi connectivity index (χ2n) is 6.32. The van der Waals surface area contributed by atoms with Gasteiger partial charge in [-0.05, 0) is 37.3 Å². The van der Waals surface area contributed by atoms with Crippen molar-refractivity contribution in [3.63, 3.8) is 0 Å². The molecule has 0 radical (unpaired) electrons. The van der Waals surface area contributed by atoms with Gasteiger partial charge in [-0.25, -0.2) is 4.98 Å². The van der Waals surface area contributed by atoms with Crippen molar-refractivity contribution in [2.75, 3.05) is 11.4 Å². The number of hydrogen-bond acceptors (Lipinski definition) is 5. The largest absolute Gasteiger partial charge is 0.295 e. The quantitative estimate of drug-likeness (QED) is 0.466. The number of nitrogens with zero attached hydrogens (tertiary/aromatic N) is 4. The van der Waals surface area contributed by atoms with Crippen LogP contribution in [-0.4, -0.2) is 33.0 Å². The molecule has 0 saturated carbocycles. The number of amides is 1. The molecule has 2 heterocycles. The summed E-state index contributed by atoms with van der Waals surface area (Å²) >= 11 is 1.48. The molecular formula is C21H18N4O2S. The van der Waals surface area contributed by atoms with E-state index in [1.807, 2.05) is 36.5 Å².